The smallest absolute Gasteiger partial charge is 0.337 e. The number of carboxylic acids is 1. The van der Waals surface area contributed by atoms with Gasteiger partial charge in [-0.05, 0) is 35.9 Å². The highest BCUT2D eigenvalue weighted by Crippen LogP contribution is 2.25. The van der Waals surface area contributed by atoms with Gasteiger partial charge < -0.3 is 9.84 Å². The number of carbonyl (C=O) groups is 1. The highest BCUT2D eigenvalue weighted by atomic mass is 35.5. The molecule has 2 aromatic rings. The van der Waals surface area contributed by atoms with Crippen LogP contribution in [0.1, 0.15) is 15.9 Å². The van der Waals surface area contributed by atoms with Gasteiger partial charge in [-0.15, -0.1) is 0 Å². The van der Waals surface area contributed by atoms with Gasteiger partial charge in [0.15, 0.2) is 9.84 Å². The Bertz CT molecular complexity index is 814. The first kappa shape index (κ1) is 16.3. The second kappa shape index (κ2) is 6.37. The molecule has 1 N–H and O–H groups in total. The van der Waals surface area contributed by atoms with Crippen LogP contribution in [0.5, 0.6) is 5.75 Å². The summed E-state index contributed by atoms with van der Waals surface area (Å²) in [5.74, 6) is -1.14. The van der Waals surface area contributed by atoms with Gasteiger partial charge in [0.05, 0.1) is 23.3 Å². The number of benzene rings is 2. The third kappa shape index (κ3) is 3.58. The molecule has 2 aromatic carbocycles. The predicted octanol–water partition coefficient (Wildman–Crippen LogP) is 3.02. The molecule has 0 radical (unpaired) electrons. The fourth-order valence-electron chi connectivity index (χ4n) is 2.00. The van der Waals surface area contributed by atoms with Gasteiger partial charge in [-0.25, -0.2) is 13.2 Å². The quantitative estimate of drug-likeness (QED) is 0.904. The van der Waals surface area contributed by atoms with Crippen molar-refractivity contribution in [3.8, 4) is 5.75 Å². The lowest BCUT2D eigenvalue weighted by Gasteiger charge is -2.09. The summed E-state index contributed by atoms with van der Waals surface area (Å²) in [5, 5.41) is 9.32. The molecule has 0 amide bonds. The van der Waals surface area contributed by atoms with E-state index < -0.39 is 15.8 Å². The molecule has 0 aliphatic carbocycles. The molecule has 0 saturated carbocycles. The van der Waals surface area contributed by atoms with E-state index >= 15 is 0 Å². The first-order valence-corrected chi connectivity index (χ1v) is 8.25. The number of sulfone groups is 1. The molecular formula is C15H13ClO5S. The van der Waals surface area contributed by atoms with Crippen LogP contribution in [0.4, 0.5) is 0 Å². The Kier molecular flexibility index (Phi) is 4.73. The number of aromatic carboxylic acids is 1. The third-order valence-electron chi connectivity index (χ3n) is 3.00. The lowest BCUT2D eigenvalue weighted by molar-refractivity contribution is 0.0692. The molecule has 0 saturated heterocycles. The van der Waals surface area contributed by atoms with E-state index in [9.17, 15) is 13.2 Å². The van der Waals surface area contributed by atoms with Crippen molar-refractivity contribution in [2.45, 2.75) is 10.6 Å². The highest BCUT2D eigenvalue weighted by Gasteiger charge is 2.23. The largest absolute Gasteiger partial charge is 0.497 e. The van der Waals surface area contributed by atoms with Crippen LogP contribution in [-0.4, -0.2) is 26.6 Å². The van der Waals surface area contributed by atoms with E-state index in [2.05, 4.69) is 0 Å². The van der Waals surface area contributed by atoms with Gasteiger partial charge in [-0.1, -0.05) is 23.7 Å². The summed E-state index contributed by atoms with van der Waals surface area (Å²) in [6.07, 6.45) is 0. The van der Waals surface area contributed by atoms with E-state index in [0.29, 0.717) is 11.3 Å². The number of methoxy groups -OCH3 is 1. The monoisotopic (exact) mass is 340 g/mol. The average Bonchev–Trinajstić information content (AvgIpc) is 2.46. The van der Waals surface area contributed by atoms with Gasteiger partial charge >= 0.3 is 5.97 Å². The second-order valence-electron chi connectivity index (χ2n) is 4.56. The van der Waals surface area contributed by atoms with Crippen LogP contribution in [0.2, 0.25) is 5.02 Å². The van der Waals surface area contributed by atoms with Crippen LogP contribution in [-0.2, 0) is 15.6 Å². The zero-order valence-corrected chi connectivity index (χ0v) is 13.2. The number of hydrogen-bond acceptors (Lipinski definition) is 4. The van der Waals surface area contributed by atoms with Gasteiger partial charge in [-0.2, -0.15) is 0 Å². The number of ether oxygens (including phenoxy) is 1. The second-order valence-corrected chi connectivity index (χ2v) is 6.95. The summed E-state index contributed by atoms with van der Waals surface area (Å²) >= 11 is 5.74. The number of carboxylic acid groups (broad SMARTS) is 1. The summed E-state index contributed by atoms with van der Waals surface area (Å²) < 4.78 is 30.0. The Morgan fingerprint density at radius 2 is 1.95 bits per heavy atom. The maximum absolute atomic E-state index is 12.5. The fourth-order valence-corrected chi connectivity index (χ4v) is 3.70. The number of rotatable bonds is 5. The van der Waals surface area contributed by atoms with Gasteiger partial charge in [0.2, 0.25) is 0 Å². The molecule has 0 aliphatic heterocycles. The van der Waals surface area contributed by atoms with Crippen LogP contribution < -0.4 is 4.74 Å². The molecule has 5 nitrogen and oxygen atoms in total. The fraction of sp³-hybridized carbons (Fsp3) is 0.133. The first-order valence-electron chi connectivity index (χ1n) is 6.22. The molecule has 0 unspecified atom stereocenters. The Morgan fingerprint density at radius 3 is 2.59 bits per heavy atom. The minimum Gasteiger partial charge on any atom is -0.497 e. The Hall–Kier alpha value is -2.05. The zero-order valence-electron chi connectivity index (χ0n) is 11.6. The molecule has 0 aliphatic rings. The van der Waals surface area contributed by atoms with Gasteiger partial charge in [0.25, 0.3) is 0 Å². The predicted molar refractivity (Wildman–Crippen MR) is 82.3 cm³/mol. The van der Waals surface area contributed by atoms with Gasteiger partial charge in [0.1, 0.15) is 5.75 Å². The van der Waals surface area contributed by atoms with E-state index in [0.717, 1.165) is 6.07 Å². The van der Waals surface area contributed by atoms with Crippen molar-refractivity contribution in [3.05, 3.63) is 58.6 Å². The normalized spacial score (nSPS) is 11.2. The maximum atomic E-state index is 12.5. The minimum absolute atomic E-state index is 0.165. The van der Waals surface area contributed by atoms with Crippen molar-refractivity contribution in [1.82, 2.24) is 0 Å². The molecule has 0 spiro atoms. The van der Waals surface area contributed by atoms with Crippen LogP contribution >= 0.6 is 11.6 Å². The molecule has 0 heterocycles. The lowest BCUT2D eigenvalue weighted by Crippen LogP contribution is -2.11. The molecule has 0 fully saturated rings. The summed E-state index contributed by atoms with van der Waals surface area (Å²) in [6, 6.07) is 10.3. The molecule has 0 bridgehead atoms. The highest BCUT2D eigenvalue weighted by molar-refractivity contribution is 7.90. The Balaban J connectivity index is 2.44. The van der Waals surface area contributed by atoms with Gasteiger partial charge in [0, 0.05) is 5.02 Å². The topological polar surface area (TPSA) is 80.7 Å². The van der Waals surface area contributed by atoms with Crippen LogP contribution in [0.25, 0.3) is 0 Å². The lowest BCUT2D eigenvalue weighted by atomic mass is 10.2. The van der Waals surface area contributed by atoms with Crippen LogP contribution in [0, 0.1) is 0 Å². The average molecular weight is 341 g/mol. The van der Waals surface area contributed by atoms with Crippen molar-refractivity contribution in [3.63, 3.8) is 0 Å². The van der Waals surface area contributed by atoms with E-state index in [-0.39, 0.29) is 21.2 Å². The SMILES string of the molecule is COc1cccc(CS(=O)(=O)c2ccc(Cl)cc2C(=O)O)c1. The molecule has 0 atom stereocenters. The summed E-state index contributed by atoms with van der Waals surface area (Å²) in [6.45, 7) is 0. The van der Waals surface area contributed by atoms with Crippen molar-refractivity contribution in [2.24, 2.45) is 0 Å². The van der Waals surface area contributed by atoms with Crippen LogP contribution in [0.3, 0.4) is 0 Å². The molecule has 116 valence electrons. The number of hydrogen-bond donors (Lipinski definition) is 1. The van der Waals surface area contributed by atoms with E-state index in [1.165, 1.54) is 19.2 Å². The molecule has 2 rings (SSSR count). The maximum Gasteiger partial charge on any atom is 0.337 e. The van der Waals surface area contributed by atoms with Crippen molar-refractivity contribution >= 4 is 27.4 Å². The molecule has 7 heteroatoms. The van der Waals surface area contributed by atoms with Gasteiger partial charge in [-0.3, -0.25) is 0 Å². The summed E-state index contributed by atoms with van der Waals surface area (Å²) in [5.41, 5.74) is 0.168. The molecular weight excluding hydrogens is 328 g/mol. The Morgan fingerprint density at radius 1 is 1.23 bits per heavy atom. The third-order valence-corrected chi connectivity index (χ3v) is 4.97. The minimum atomic E-state index is -3.83. The number of halogens is 1. The first-order chi connectivity index (χ1) is 10.3. The molecule has 0 aromatic heterocycles. The summed E-state index contributed by atoms with van der Waals surface area (Å²) in [4.78, 5) is 11.0. The van der Waals surface area contributed by atoms with E-state index in [1.807, 2.05) is 0 Å². The van der Waals surface area contributed by atoms with Crippen molar-refractivity contribution < 1.29 is 23.1 Å². The summed E-state index contributed by atoms with van der Waals surface area (Å²) in [7, 11) is -2.34. The standard InChI is InChI=1S/C15H13ClO5S/c1-21-12-4-2-3-10(7-12)9-22(19,20)14-6-5-11(16)8-13(14)15(17)18/h2-8H,9H2,1H3,(H,17,18). The van der Waals surface area contributed by atoms with Crippen molar-refractivity contribution in [2.75, 3.05) is 7.11 Å². The van der Waals surface area contributed by atoms with Crippen LogP contribution in [0.15, 0.2) is 47.4 Å². The zero-order chi connectivity index (χ0) is 16.3. The van der Waals surface area contributed by atoms with E-state index in [4.69, 9.17) is 21.4 Å². The van der Waals surface area contributed by atoms with E-state index in [1.54, 1.807) is 24.3 Å². The molecule has 22 heavy (non-hydrogen) atoms. The van der Waals surface area contributed by atoms with Crippen molar-refractivity contribution in [1.29, 1.82) is 0 Å². The Labute approximate surface area is 133 Å².